The maximum absolute atomic E-state index is 4.89. The smallest absolute Gasteiger partial charge is 0.242 e. The van der Waals surface area contributed by atoms with Crippen molar-refractivity contribution in [3.05, 3.63) is 30.5 Å². The highest BCUT2D eigenvalue weighted by atomic mass is 16.5. The molecule has 0 aliphatic rings. The van der Waals surface area contributed by atoms with Crippen molar-refractivity contribution in [2.75, 3.05) is 7.11 Å². The normalized spacial score (nSPS) is 10.1. The fourth-order valence-corrected chi connectivity index (χ4v) is 0.987. The summed E-state index contributed by atoms with van der Waals surface area (Å²) in [6.45, 7) is 0. The van der Waals surface area contributed by atoms with Crippen LogP contribution in [-0.4, -0.2) is 17.1 Å². The molecular weight excluding hydrogens is 152 g/mol. The fraction of sp³-hybridized carbons (Fsp3) is 0.111. The average molecular weight is 159 g/mol. The van der Waals surface area contributed by atoms with Gasteiger partial charge >= 0.3 is 0 Å². The van der Waals surface area contributed by atoms with Crippen LogP contribution in [0.2, 0.25) is 0 Å². The number of para-hydroxylation sites is 2. The Morgan fingerprint density at radius 2 is 2.00 bits per heavy atom. The first-order valence-electron chi connectivity index (χ1n) is 3.58. The molecule has 0 fully saturated rings. The van der Waals surface area contributed by atoms with Gasteiger partial charge in [0.05, 0.1) is 18.1 Å². The molecule has 0 saturated heterocycles. The third kappa shape index (κ3) is 1.09. The Balaban J connectivity index is 2.67. The Hall–Kier alpha value is -1.64. The first-order valence-corrected chi connectivity index (χ1v) is 3.58. The number of rotatable bonds is 1. The van der Waals surface area contributed by atoms with Crippen LogP contribution in [0.4, 0.5) is 0 Å². The van der Waals surface area contributed by atoms with Gasteiger partial charge in [-0.25, -0.2) is 9.97 Å². The maximum atomic E-state index is 4.89. The van der Waals surface area contributed by atoms with Gasteiger partial charge in [0.25, 0.3) is 0 Å². The number of hydrogen-bond donors (Lipinski definition) is 0. The van der Waals surface area contributed by atoms with Gasteiger partial charge in [-0.1, -0.05) is 12.1 Å². The van der Waals surface area contributed by atoms with E-state index < -0.39 is 0 Å². The van der Waals surface area contributed by atoms with Gasteiger partial charge in [-0.05, 0) is 12.1 Å². The molecule has 0 N–H and O–H groups in total. The lowest BCUT2D eigenvalue weighted by Gasteiger charge is -1.98. The Morgan fingerprint density at radius 3 is 2.75 bits per heavy atom. The molecule has 1 aromatic carbocycles. The Kier molecular flexibility index (Phi) is 1.63. The molecule has 1 radical (unpaired) electrons. The van der Waals surface area contributed by atoms with Crippen LogP contribution < -0.4 is 4.74 Å². The second kappa shape index (κ2) is 2.77. The summed E-state index contributed by atoms with van der Waals surface area (Å²) >= 11 is 0. The van der Waals surface area contributed by atoms with Crippen LogP contribution in [0, 0.1) is 6.20 Å². The molecule has 0 amide bonds. The molecule has 12 heavy (non-hydrogen) atoms. The summed E-state index contributed by atoms with van der Waals surface area (Å²) in [4.78, 5) is 8.19. The van der Waals surface area contributed by atoms with Crippen LogP contribution in [0.25, 0.3) is 11.0 Å². The van der Waals surface area contributed by atoms with Crippen LogP contribution in [-0.2, 0) is 0 Å². The lowest BCUT2D eigenvalue weighted by Crippen LogP contribution is -1.90. The second-order valence-electron chi connectivity index (χ2n) is 2.33. The number of methoxy groups -OCH3 is 1. The summed E-state index contributed by atoms with van der Waals surface area (Å²) in [6, 6.07) is 7.60. The van der Waals surface area contributed by atoms with E-state index in [1.54, 1.807) is 7.11 Å². The quantitative estimate of drug-likeness (QED) is 0.631. The zero-order chi connectivity index (χ0) is 8.39. The van der Waals surface area contributed by atoms with Gasteiger partial charge in [0.1, 0.15) is 0 Å². The zero-order valence-electron chi connectivity index (χ0n) is 6.61. The second-order valence-corrected chi connectivity index (χ2v) is 2.33. The molecule has 3 heteroatoms. The molecule has 3 nitrogen and oxygen atoms in total. The molecule has 1 aromatic heterocycles. The van der Waals surface area contributed by atoms with Gasteiger partial charge in [0, 0.05) is 0 Å². The van der Waals surface area contributed by atoms with E-state index in [1.807, 2.05) is 24.3 Å². The third-order valence-corrected chi connectivity index (χ3v) is 1.57. The minimum atomic E-state index is 0.425. The molecule has 0 spiro atoms. The monoisotopic (exact) mass is 159 g/mol. The summed E-state index contributed by atoms with van der Waals surface area (Å²) in [5.74, 6) is 0.425. The molecule has 2 aromatic rings. The molecule has 0 unspecified atom stereocenters. The zero-order valence-corrected chi connectivity index (χ0v) is 6.61. The summed E-state index contributed by atoms with van der Waals surface area (Å²) < 4.78 is 4.89. The van der Waals surface area contributed by atoms with Crippen LogP contribution in [0.1, 0.15) is 0 Å². The number of benzene rings is 1. The highest BCUT2D eigenvalue weighted by Gasteiger charge is 1.97. The molecule has 0 atom stereocenters. The van der Waals surface area contributed by atoms with E-state index in [0.29, 0.717) is 5.88 Å². The number of hydrogen-bond acceptors (Lipinski definition) is 3. The lowest BCUT2D eigenvalue weighted by molar-refractivity contribution is 0.396. The van der Waals surface area contributed by atoms with Crippen molar-refractivity contribution in [2.45, 2.75) is 0 Å². The Morgan fingerprint density at radius 1 is 1.25 bits per heavy atom. The van der Waals surface area contributed by atoms with E-state index in [4.69, 9.17) is 4.74 Å². The van der Waals surface area contributed by atoms with Crippen molar-refractivity contribution in [1.29, 1.82) is 0 Å². The molecule has 0 aliphatic heterocycles. The molecule has 59 valence electrons. The predicted molar refractivity (Wildman–Crippen MR) is 44.9 cm³/mol. The minimum Gasteiger partial charge on any atom is -0.479 e. The summed E-state index contributed by atoms with van der Waals surface area (Å²) in [5.41, 5.74) is 1.66. The first kappa shape index (κ1) is 7.03. The topological polar surface area (TPSA) is 35.0 Å². The van der Waals surface area contributed by atoms with Gasteiger partial charge in [-0.15, -0.1) is 0 Å². The van der Waals surface area contributed by atoms with Crippen molar-refractivity contribution in [3.8, 4) is 5.88 Å². The van der Waals surface area contributed by atoms with E-state index in [1.165, 1.54) is 0 Å². The van der Waals surface area contributed by atoms with Crippen molar-refractivity contribution in [2.24, 2.45) is 0 Å². The standard InChI is InChI=1S/C9H7N2O/c1-12-9-6-10-7-4-2-3-5-8(7)11-9/h2-5H,1H3. The minimum absolute atomic E-state index is 0.425. The number of ether oxygens (including phenoxy) is 1. The highest BCUT2D eigenvalue weighted by Crippen LogP contribution is 2.11. The largest absolute Gasteiger partial charge is 0.479 e. The average Bonchev–Trinajstić information content (AvgIpc) is 2.17. The van der Waals surface area contributed by atoms with Crippen LogP contribution >= 0.6 is 0 Å². The van der Waals surface area contributed by atoms with Gasteiger partial charge < -0.3 is 4.74 Å². The fourth-order valence-electron chi connectivity index (χ4n) is 0.987. The van der Waals surface area contributed by atoms with Gasteiger partial charge in [-0.3, -0.25) is 0 Å². The van der Waals surface area contributed by atoms with E-state index in [9.17, 15) is 0 Å². The van der Waals surface area contributed by atoms with E-state index in [2.05, 4.69) is 16.2 Å². The van der Waals surface area contributed by atoms with Crippen molar-refractivity contribution < 1.29 is 4.74 Å². The predicted octanol–water partition coefficient (Wildman–Crippen LogP) is 1.44. The number of aromatic nitrogens is 2. The highest BCUT2D eigenvalue weighted by molar-refractivity contribution is 5.73. The summed E-state index contributed by atoms with van der Waals surface area (Å²) in [5, 5.41) is 0. The molecule has 0 saturated carbocycles. The third-order valence-electron chi connectivity index (χ3n) is 1.57. The summed E-state index contributed by atoms with van der Waals surface area (Å²) in [7, 11) is 1.55. The van der Waals surface area contributed by atoms with Gasteiger partial charge in [-0.2, -0.15) is 0 Å². The van der Waals surface area contributed by atoms with Crippen molar-refractivity contribution in [3.63, 3.8) is 0 Å². The summed E-state index contributed by atoms with van der Waals surface area (Å²) in [6.07, 6.45) is 2.68. The van der Waals surface area contributed by atoms with E-state index in [0.717, 1.165) is 11.0 Å². The molecule has 0 aliphatic carbocycles. The van der Waals surface area contributed by atoms with Crippen molar-refractivity contribution >= 4 is 11.0 Å². The van der Waals surface area contributed by atoms with E-state index >= 15 is 0 Å². The van der Waals surface area contributed by atoms with Gasteiger partial charge in [0.15, 0.2) is 6.20 Å². The SMILES string of the molecule is COc1[c]nc2ccccc2n1. The number of nitrogens with zero attached hydrogens (tertiary/aromatic N) is 2. The molecule has 0 bridgehead atoms. The maximum Gasteiger partial charge on any atom is 0.242 e. The molecule has 1 heterocycles. The van der Waals surface area contributed by atoms with Gasteiger partial charge in [0.2, 0.25) is 5.88 Å². The van der Waals surface area contributed by atoms with Crippen LogP contribution in [0.3, 0.4) is 0 Å². The lowest BCUT2D eigenvalue weighted by atomic mass is 10.3. The van der Waals surface area contributed by atoms with E-state index in [-0.39, 0.29) is 0 Å². The Bertz CT molecular complexity index is 400. The van der Waals surface area contributed by atoms with Crippen LogP contribution in [0.15, 0.2) is 24.3 Å². The van der Waals surface area contributed by atoms with Crippen LogP contribution in [0.5, 0.6) is 5.88 Å². The van der Waals surface area contributed by atoms with Crippen molar-refractivity contribution in [1.82, 2.24) is 9.97 Å². The number of fused-ring (bicyclic) bond motifs is 1. The first-order chi connectivity index (χ1) is 5.90. The molecular formula is C9H7N2O. The molecule has 2 rings (SSSR count). The Labute approximate surface area is 70.0 Å².